The molecule has 7 heteroatoms. The Balaban J connectivity index is 1.16. The van der Waals surface area contributed by atoms with Crippen molar-refractivity contribution in [3.05, 3.63) is 59.7 Å². The van der Waals surface area contributed by atoms with E-state index in [0.717, 1.165) is 30.4 Å². The molecule has 0 aliphatic heterocycles. The minimum Gasteiger partial charge on any atom is -0.481 e. The van der Waals surface area contributed by atoms with E-state index in [1.165, 1.54) is 11.1 Å². The number of hydrogen-bond donors (Lipinski definition) is 3. The van der Waals surface area contributed by atoms with Gasteiger partial charge in [0, 0.05) is 19.0 Å². The first kappa shape index (κ1) is 22.4. The Labute approximate surface area is 198 Å². The summed E-state index contributed by atoms with van der Waals surface area (Å²) in [7, 11) is 0. The lowest BCUT2D eigenvalue weighted by atomic mass is 9.75. The third kappa shape index (κ3) is 4.27. The van der Waals surface area contributed by atoms with E-state index in [9.17, 15) is 19.5 Å². The highest BCUT2D eigenvalue weighted by atomic mass is 16.5. The third-order valence-electron chi connectivity index (χ3n) is 7.77. The zero-order valence-electron chi connectivity index (χ0n) is 19.1. The van der Waals surface area contributed by atoms with E-state index in [-0.39, 0.29) is 43.4 Å². The predicted molar refractivity (Wildman–Crippen MR) is 126 cm³/mol. The Bertz CT molecular complexity index is 1060. The summed E-state index contributed by atoms with van der Waals surface area (Å²) in [6.07, 6.45) is 3.59. The van der Waals surface area contributed by atoms with Crippen LogP contribution in [0.25, 0.3) is 11.1 Å². The van der Waals surface area contributed by atoms with Crippen LogP contribution in [0.4, 0.5) is 4.79 Å². The van der Waals surface area contributed by atoms with E-state index in [4.69, 9.17) is 4.74 Å². The summed E-state index contributed by atoms with van der Waals surface area (Å²) < 4.78 is 5.60. The van der Waals surface area contributed by atoms with Crippen LogP contribution in [0.15, 0.2) is 48.5 Å². The lowest BCUT2D eigenvalue weighted by molar-refractivity contribution is -0.143. The molecule has 2 fully saturated rings. The highest BCUT2D eigenvalue weighted by Gasteiger charge is 2.50. The van der Waals surface area contributed by atoms with Gasteiger partial charge < -0.3 is 20.5 Å². The van der Waals surface area contributed by atoms with Crippen molar-refractivity contribution in [1.29, 1.82) is 0 Å². The van der Waals surface area contributed by atoms with Crippen molar-refractivity contribution < 1.29 is 24.2 Å². The molecular weight excluding hydrogens is 432 g/mol. The molecule has 0 spiro atoms. The number of aliphatic carboxylic acids is 1. The van der Waals surface area contributed by atoms with Crippen LogP contribution in [0.1, 0.15) is 49.1 Å². The first-order valence-corrected chi connectivity index (χ1v) is 12.1. The molecule has 178 valence electrons. The molecule has 1 atom stereocenters. The van der Waals surface area contributed by atoms with Crippen molar-refractivity contribution in [1.82, 2.24) is 10.6 Å². The summed E-state index contributed by atoms with van der Waals surface area (Å²) in [5.41, 5.74) is 3.83. The largest absolute Gasteiger partial charge is 0.481 e. The molecule has 7 nitrogen and oxygen atoms in total. The first-order valence-electron chi connectivity index (χ1n) is 12.1. The Morgan fingerprint density at radius 2 is 1.59 bits per heavy atom. The van der Waals surface area contributed by atoms with E-state index in [0.29, 0.717) is 12.8 Å². The predicted octanol–water partition coefficient (Wildman–Crippen LogP) is 3.92. The topological polar surface area (TPSA) is 105 Å². The Kier molecular flexibility index (Phi) is 6.02. The summed E-state index contributed by atoms with van der Waals surface area (Å²) in [6, 6.07) is 16.3. The molecule has 34 heavy (non-hydrogen) atoms. The quantitative estimate of drug-likeness (QED) is 0.524. The van der Waals surface area contributed by atoms with Crippen LogP contribution in [0, 0.1) is 17.3 Å². The maximum absolute atomic E-state index is 12.8. The van der Waals surface area contributed by atoms with Gasteiger partial charge in [0.1, 0.15) is 6.61 Å². The van der Waals surface area contributed by atoms with Gasteiger partial charge >= 0.3 is 12.1 Å². The fourth-order valence-corrected chi connectivity index (χ4v) is 5.16. The smallest absolute Gasteiger partial charge is 0.407 e. The van der Waals surface area contributed by atoms with Gasteiger partial charge in [0.15, 0.2) is 0 Å². The van der Waals surface area contributed by atoms with Gasteiger partial charge in [-0.3, -0.25) is 9.59 Å². The molecule has 2 aromatic carbocycles. The number of carbonyl (C=O) groups is 3. The molecule has 3 N–H and O–H groups in total. The minimum absolute atomic E-state index is 0.0189. The van der Waals surface area contributed by atoms with E-state index in [2.05, 4.69) is 34.9 Å². The van der Waals surface area contributed by atoms with E-state index < -0.39 is 17.5 Å². The number of carboxylic acid groups (broad SMARTS) is 1. The highest BCUT2D eigenvalue weighted by molar-refractivity contribution is 5.83. The van der Waals surface area contributed by atoms with Gasteiger partial charge in [0.25, 0.3) is 0 Å². The lowest BCUT2D eigenvalue weighted by Crippen LogP contribution is -2.46. The second-order valence-corrected chi connectivity index (χ2v) is 9.81. The standard InChI is InChI=1S/C27H30N2O5/c30-24(29-16-27(12-13-27)25(31)32)22(17-6-5-7-17)14-28-26(33)34-15-23-20-10-3-1-8-18(20)19-9-2-4-11-21(19)23/h1-4,8-11,17,22-23H,5-7,12-16H2,(H,28,33)(H,29,30)(H,31,32). The van der Waals surface area contributed by atoms with Crippen LogP contribution in [0.3, 0.4) is 0 Å². The molecule has 1 unspecified atom stereocenters. The van der Waals surface area contributed by atoms with Crippen LogP contribution >= 0.6 is 0 Å². The summed E-state index contributed by atoms with van der Waals surface area (Å²) in [4.78, 5) is 36.8. The van der Waals surface area contributed by atoms with Gasteiger partial charge in [-0.15, -0.1) is 0 Å². The van der Waals surface area contributed by atoms with Crippen molar-refractivity contribution >= 4 is 18.0 Å². The molecular formula is C27H30N2O5. The summed E-state index contributed by atoms with van der Waals surface area (Å²) in [5.74, 6) is -1.23. The molecule has 3 aliphatic carbocycles. The van der Waals surface area contributed by atoms with Crippen molar-refractivity contribution in [3.63, 3.8) is 0 Å². The Morgan fingerprint density at radius 1 is 0.971 bits per heavy atom. The maximum atomic E-state index is 12.8. The third-order valence-corrected chi connectivity index (χ3v) is 7.77. The summed E-state index contributed by atoms with van der Waals surface area (Å²) in [6.45, 7) is 0.559. The van der Waals surface area contributed by atoms with E-state index in [1.54, 1.807) is 0 Å². The highest BCUT2D eigenvalue weighted by Crippen LogP contribution is 2.46. The maximum Gasteiger partial charge on any atom is 0.407 e. The fraction of sp³-hybridized carbons (Fsp3) is 0.444. The Hall–Kier alpha value is -3.35. The number of nitrogens with one attached hydrogen (secondary N) is 2. The number of hydrogen-bond acceptors (Lipinski definition) is 4. The second-order valence-electron chi connectivity index (χ2n) is 9.81. The van der Waals surface area contributed by atoms with Crippen LogP contribution in [0.2, 0.25) is 0 Å². The molecule has 0 bridgehead atoms. The normalized spacial score (nSPS) is 18.7. The molecule has 2 amide bonds. The van der Waals surface area contributed by atoms with Gasteiger partial charge in [0.2, 0.25) is 5.91 Å². The van der Waals surface area contributed by atoms with Crippen LogP contribution in [-0.2, 0) is 14.3 Å². The van der Waals surface area contributed by atoms with Gasteiger partial charge in [-0.25, -0.2) is 4.79 Å². The van der Waals surface area contributed by atoms with Crippen molar-refractivity contribution in [2.24, 2.45) is 17.3 Å². The molecule has 0 saturated heterocycles. The number of benzene rings is 2. The number of carbonyl (C=O) groups excluding carboxylic acids is 2. The van der Waals surface area contributed by atoms with Crippen molar-refractivity contribution in [2.75, 3.05) is 19.7 Å². The number of amides is 2. The van der Waals surface area contributed by atoms with Gasteiger partial charge in [-0.2, -0.15) is 0 Å². The SMILES string of the molecule is O=C(NCC(C(=O)NCC1(C(=O)O)CC1)C1CCC1)OCC1c2ccccc2-c2ccccc21. The average molecular weight is 463 g/mol. The number of ether oxygens (including phenoxy) is 1. The van der Waals surface area contributed by atoms with Crippen molar-refractivity contribution in [2.45, 2.75) is 38.0 Å². The van der Waals surface area contributed by atoms with Gasteiger partial charge in [-0.05, 0) is 53.9 Å². The second kappa shape index (κ2) is 9.12. The first-order chi connectivity index (χ1) is 16.5. The van der Waals surface area contributed by atoms with Crippen LogP contribution < -0.4 is 10.6 Å². The Morgan fingerprint density at radius 3 is 2.12 bits per heavy atom. The molecule has 2 saturated carbocycles. The summed E-state index contributed by atoms with van der Waals surface area (Å²) in [5, 5.41) is 15.0. The average Bonchev–Trinajstić information content (AvgIpc) is 3.55. The minimum atomic E-state index is -0.857. The molecule has 0 aromatic heterocycles. The monoisotopic (exact) mass is 462 g/mol. The molecule has 3 aliphatic rings. The molecule has 5 rings (SSSR count). The number of alkyl carbamates (subject to hydrolysis) is 1. The number of fused-ring (bicyclic) bond motifs is 3. The van der Waals surface area contributed by atoms with Gasteiger partial charge in [-0.1, -0.05) is 55.0 Å². The molecule has 0 radical (unpaired) electrons. The lowest BCUT2D eigenvalue weighted by Gasteiger charge is -2.33. The molecule has 0 heterocycles. The van der Waals surface area contributed by atoms with Crippen LogP contribution in [-0.4, -0.2) is 42.8 Å². The number of carboxylic acids is 1. The molecule has 2 aromatic rings. The zero-order valence-corrected chi connectivity index (χ0v) is 19.1. The fourth-order valence-electron chi connectivity index (χ4n) is 5.16. The number of rotatable bonds is 9. The van der Waals surface area contributed by atoms with E-state index >= 15 is 0 Å². The van der Waals surface area contributed by atoms with Crippen molar-refractivity contribution in [3.8, 4) is 11.1 Å². The summed E-state index contributed by atoms with van der Waals surface area (Å²) >= 11 is 0. The van der Waals surface area contributed by atoms with E-state index in [1.807, 2.05) is 24.3 Å². The van der Waals surface area contributed by atoms with Gasteiger partial charge in [0.05, 0.1) is 11.3 Å². The van der Waals surface area contributed by atoms with Crippen LogP contribution in [0.5, 0.6) is 0 Å². The zero-order chi connectivity index (χ0) is 23.7.